The lowest BCUT2D eigenvalue weighted by atomic mass is 9.90. The third kappa shape index (κ3) is 3.41. The number of para-hydroxylation sites is 2. The van der Waals surface area contributed by atoms with Gasteiger partial charge in [0.05, 0.1) is 11.0 Å². The zero-order chi connectivity index (χ0) is 25.1. The Bertz CT molecular complexity index is 1870. The first-order valence-corrected chi connectivity index (χ1v) is 14.1. The average molecular weight is 504 g/mol. The molecule has 1 aromatic heterocycles. The molecule has 0 N–H and O–H groups in total. The number of hydrogen-bond donors (Lipinski definition) is 0. The van der Waals surface area contributed by atoms with Crippen molar-refractivity contribution in [1.29, 1.82) is 0 Å². The Kier molecular flexibility index (Phi) is 4.96. The van der Waals surface area contributed by atoms with Crippen molar-refractivity contribution in [3.05, 3.63) is 145 Å². The second-order valence-corrected chi connectivity index (χ2v) is 11.4. The van der Waals surface area contributed by atoms with Crippen LogP contribution >= 0.6 is 11.8 Å². The van der Waals surface area contributed by atoms with Crippen LogP contribution in [0, 0.1) is 0 Å². The van der Waals surface area contributed by atoms with E-state index in [1.807, 2.05) is 11.8 Å². The van der Waals surface area contributed by atoms with Gasteiger partial charge in [-0.05, 0) is 70.3 Å². The summed E-state index contributed by atoms with van der Waals surface area (Å²) in [6.07, 6.45) is 9.05. The molecule has 0 spiro atoms. The maximum absolute atomic E-state index is 2.41. The van der Waals surface area contributed by atoms with E-state index in [0.717, 1.165) is 0 Å². The van der Waals surface area contributed by atoms with Crippen molar-refractivity contribution >= 4 is 33.6 Å². The topological polar surface area (TPSA) is 4.93 Å². The summed E-state index contributed by atoms with van der Waals surface area (Å²) in [4.78, 5) is 1.41. The van der Waals surface area contributed by atoms with Crippen molar-refractivity contribution in [3.63, 3.8) is 0 Å². The Morgan fingerprint density at radius 2 is 1.16 bits per heavy atom. The number of fused-ring (bicyclic) bond motifs is 6. The minimum Gasteiger partial charge on any atom is -0.309 e. The highest BCUT2D eigenvalue weighted by molar-refractivity contribution is 8.00. The summed E-state index contributed by atoms with van der Waals surface area (Å²) in [5, 5.41) is 3.10. The van der Waals surface area contributed by atoms with Gasteiger partial charge in [0.1, 0.15) is 0 Å². The molecule has 1 nitrogen and oxygen atoms in total. The number of thioether (sulfide) groups is 1. The molecule has 6 aromatic rings. The van der Waals surface area contributed by atoms with Crippen LogP contribution in [0.2, 0.25) is 0 Å². The summed E-state index contributed by atoms with van der Waals surface area (Å²) in [6, 6.07) is 42.3. The Morgan fingerprint density at radius 3 is 1.92 bits per heavy atom. The van der Waals surface area contributed by atoms with E-state index < -0.39 is 0 Å². The fourth-order valence-corrected chi connectivity index (χ4v) is 7.45. The Morgan fingerprint density at radius 1 is 0.526 bits per heavy atom. The standard InChI is InChI=1S/C36H25NS/c1-4-16-33-29(13-1)30-14-2-5-17-34(30)37(33)28-12-8-11-26(22-28)24-9-7-10-25(21-24)27-19-20-36-32(23-27)31-15-3-6-18-35(31)38-36/h1-23,31,35H. The number of allylic oxidation sites excluding steroid dienone is 3. The smallest absolute Gasteiger partial charge is 0.0541 e. The van der Waals surface area contributed by atoms with E-state index in [1.54, 1.807) is 0 Å². The zero-order valence-electron chi connectivity index (χ0n) is 20.8. The van der Waals surface area contributed by atoms with Crippen LogP contribution in [-0.2, 0) is 0 Å². The molecule has 1 aliphatic carbocycles. The second kappa shape index (κ2) is 8.65. The number of rotatable bonds is 3. The Hall–Kier alpha value is -4.27. The van der Waals surface area contributed by atoms with Crippen LogP contribution in [0.5, 0.6) is 0 Å². The molecule has 0 saturated heterocycles. The quantitative estimate of drug-likeness (QED) is 0.233. The van der Waals surface area contributed by atoms with Gasteiger partial charge in [-0.15, -0.1) is 11.8 Å². The van der Waals surface area contributed by atoms with E-state index in [1.165, 1.54) is 60.2 Å². The Labute approximate surface area is 226 Å². The first-order chi connectivity index (χ1) is 18.8. The van der Waals surface area contributed by atoms with Crippen molar-refractivity contribution in [2.45, 2.75) is 16.1 Å². The molecule has 5 aromatic carbocycles. The van der Waals surface area contributed by atoms with Gasteiger partial charge in [0.15, 0.2) is 0 Å². The normalized spacial score (nSPS) is 17.7. The van der Waals surface area contributed by atoms with Crippen LogP contribution in [0.1, 0.15) is 11.5 Å². The first-order valence-electron chi connectivity index (χ1n) is 13.2. The molecule has 2 heterocycles. The maximum atomic E-state index is 2.41. The molecular weight excluding hydrogens is 478 g/mol. The zero-order valence-corrected chi connectivity index (χ0v) is 21.6. The molecule has 1 aliphatic heterocycles. The van der Waals surface area contributed by atoms with Crippen LogP contribution in [-0.4, -0.2) is 9.82 Å². The van der Waals surface area contributed by atoms with Crippen LogP contribution < -0.4 is 0 Å². The third-order valence-electron chi connectivity index (χ3n) is 7.93. The minimum absolute atomic E-state index is 0.478. The van der Waals surface area contributed by atoms with Gasteiger partial charge >= 0.3 is 0 Å². The summed E-state index contributed by atoms with van der Waals surface area (Å²) >= 11 is 1.99. The molecule has 2 aliphatic rings. The molecule has 2 unspecified atom stereocenters. The van der Waals surface area contributed by atoms with Gasteiger partial charge in [-0.2, -0.15) is 0 Å². The lowest BCUT2D eigenvalue weighted by Gasteiger charge is -2.15. The first kappa shape index (κ1) is 21.8. The van der Waals surface area contributed by atoms with Gasteiger partial charge in [-0.3, -0.25) is 0 Å². The molecule has 0 radical (unpaired) electrons. The van der Waals surface area contributed by atoms with E-state index in [2.05, 4.69) is 144 Å². The van der Waals surface area contributed by atoms with Crippen LogP contribution in [0.15, 0.2) is 144 Å². The summed E-state index contributed by atoms with van der Waals surface area (Å²) in [7, 11) is 0. The van der Waals surface area contributed by atoms with Gasteiger partial charge in [-0.1, -0.05) is 97.1 Å². The molecular formula is C36H25NS. The predicted octanol–water partition coefficient (Wildman–Crippen LogP) is 9.80. The fourth-order valence-electron chi connectivity index (χ4n) is 6.13. The molecule has 2 atom stereocenters. The summed E-state index contributed by atoms with van der Waals surface area (Å²) in [5.41, 5.74) is 10.1. The Balaban J connectivity index is 1.21. The van der Waals surface area contributed by atoms with Crippen molar-refractivity contribution in [3.8, 4) is 27.9 Å². The van der Waals surface area contributed by atoms with E-state index in [9.17, 15) is 0 Å². The average Bonchev–Trinajstić information content (AvgIpc) is 3.53. The second-order valence-electron chi connectivity index (χ2n) is 10.1. The number of nitrogens with zero attached hydrogens (tertiary/aromatic N) is 1. The van der Waals surface area contributed by atoms with Gasteiger partial charge in [0.2, 0.25) is 0 Å². The van der Waals surface area contributed by atoms with Crippen molar-refractivity contribution < 1.29 is 0 Å². The monoisotopic (exact) mass is 503 g/mol. The van der Waals surface area contributed by atoms with Crippen LogP contribution in [0.25, 0.3) is 49.7 Å². The van der Waals surface area contributed by atoms with E-state index in [0.29, 0.717) is 11.2 Å². The summed E-state index contributed by atoms with van der Waals surface area (Å²) in [5.74, 6) is 0.478. The molecule has 2 heteroatoms. The predicted molar refractivity (Wildman–Crippen MR) is 162 cm³/mol. The largest absolute Gasteiger partial charge is 0.309 e. The summed E-state index contributed by atoms with van der Waals surface area (Å²) < 4.78 is 2.39. The molecule has 0 saturated carbocycles. The number of hydrogen-bond acceptors (Lipinski definition) is 1. The van der Waals surface area contributed by atoms with Crippen LogP contribution in [0.4, 0.5) is 0 Å². The number of aromatic nitrogens is 1. The van der Waals surface area contributed by atoms with Crippen molar-refractivity contribution in [2.24, 2.45) is 0 Å². The molecule has 0 bridgehead atoms. The minimum atomic E-state index is 0.478. The molecule has 0 fully saturated rings. The van der Waals surface area contributed by atoms with Gasteiger partial charge in [0, 0.05) is 32.5 Å². The van der Waals surface area contributed by atoms with Crippen molar-refractivity contribution in [2.75, 3.05) is 0 Å². The molecule has 0 amide bonds. The van der Waals surface area contributed by atoms with Crippen molar-refractivity contribution in [1.82, 2.24) is 4.57 Å². The fraction of sp³-hybridized carbons (Fsp3) is 0.0556. The lowest BCUT2D eigenvalue weighted by Crippen LogP contribution is -2.06. The molecule has 8 rings (SSSR count). The SMILES string of the molecule is C1=CC2Sc3ccc(-c4cccc(-c5cccc(-n6c7ccccc7c7ccccc76)c5)c4)cc3C2C=C1. The van der Waals surface area contributed by atoms with Crippen LogP contribution in [0.3, 0.4) is 0 Å². The maximum Gasteiger partial charge on any atom is 0.0541 e. The highest BCUT2D eigenvalue weighted by atomic mass is 32.2. The lowest BCUT2D eigenvalue weighted by molar-refractivity contribution is 0.881. The van der Waals surface area contributed by atoms with E-state index in [-0.39, 0.29) is 0 Å². The van der Waals surface area contributed by atoms with Gasteiger partial charge < -0.3 is 4.57 Å². The van der Waals surface area contributed by atoms with E-state index >= 15 is 0 Å². The third-order valence-corrected chi connectivity index (χ3v) is 9.28. The highest BCUT2D eigenvalue weighted by Gasteiger charge is 2.31. The molecule has 180 valence electrons. The number of benzene rings is 5. The van der Waals surface area contributed by atoms with E-state index in [4.69, 9.17) is 0 Å². The van der Waals surface area contributed by atoms with Gasteiger partial charge in [-0.25, -0.2) is 0 Å². The molecule has 38 heavy (non-hydrogen) atoms. The summed E-state index contributed by atoms with van der Waals surface area (Å²) in [6.45, 7) is 0. The van der Waals surface area contributed by atoms with Gasteiger partial charge in [0.25, 0.3) is 0 Å². The highest BCUT2D eigenvalue weighted by Crippen LogP contribution is 2.49.